The number of hydrogen-bond donors (Lipinski definition) is 0. The first-order valence-corrected chi connectivity index (χ1v) is 5.70. The number of hydrogen-bond acceptors (Lipinski definition) is 4. The van der Waals surface area contributed by atoms with Crippen LogP contribution in [0.3, 0.4) is 0 Å². The zero-order valence-electron chi connectivity index (χ0n) is 8.69. The van der Waals surface area contributed by atoms with E-state index in [4.69, 9.17) is 4.74 Å². The van der Waals surface area contributed by atoms with E-state index in [0.29, 0.717) is 12.3 Å². The average Bonchev–Trinajstić information content (AvgIpc) is 2.75. The van der Waals surface area contributed by atoms with Gasteiger partial charge < -0.3 is 4.74 Å². The molecule has 0 aliphatic rings. The standard InChI is InChI=1S/C10H12N2O2S/c1-3-7-9(10(13)14-4-2)12-6-11-5-8(12)15-7/h5-6H,3-4H2,1-2H3. The number of nitrogens with zero attached hydrogens (tertiary/aromatic N) is 2. The number of esters is 1. The number of carbonyl (C=O) groups excluding carboxylic acids is 1. The molecule has 2 aromatic rings. The molecule has 2 rings (SSSR count). The maximum absolute atomic E-state index is 11.7. The van der Waals surface area contributed by atoms with Gasteiger partial charge in [0, 0.05) is 4.88 Å². The number of fused-ring (bicyclic) bond motifs is 1. The lowest BCUT2D eigenvalue weighted by Crippen LogP contribution is -2.09. The van der Waals surface area contributed by atoms with E-state index in [-0.39, 0.29) is 5.97 Å². The van der Waals surface area contributed by atoms with Gasteiger partial charge in [-0.2, -0.15) is 0 Å². The minimum absolute atomic E-state index is 0.265. The molecule has 80 valence electrons. The number of thiazole rings is 1. The van der Waals surface area contributed by atoms with Crippen molar-refractivity contribution in [3.05, 3.63) is 23.1 Å². The molecule has 2 heterocycles. The SMILES string of the molecule is CCOC(=O)c1c(CC)sc2cncn12. The Hall–Kier alpha value is -1.36. The molecule has 0 fully saturated rings. The number of aryl methyl sites for hydroxylation is 1. The van der Waals surface area contributed by atoms with Gasteiger partial charge in [-0.1, -0.05) is 6.92 Å². The minimum Gasteiger partial charge on any atom is -0.461 e. The van der Waals surface area contributed by atoms with E-state index in [2.05, 4.69) is 4.98 Å². The Balaban J connectivity index is 2.53. The van der Waals surface area contributed by atoms with Crippen molar-refractivity contribution in [3.63, 3.8) is 0 Å². The smallest absolute Gasteiger partial charge is 0.356 e. The monoisotopic (exact) mass is 224 g/mol. The van der Waals surface area contributed by atoms with E-state index in [9.17, 15) is 4.79 Å². The van der Waals surface area contributed by atoms with Crippen molar-refractivity contribution in [2.45, 2.75) is 20.3 Å². The van der Waals surface area contributed by atoms with Gasteiger partial charge in [-0.3, -0.25) is 4.40 Å². The summed E-state index contributed by atoms with van der Waals surface area (Å²) in [5.41, 5.74) is 0.622. The topological polar surface area (TPSA) is 43.6 Å². The molecule has 0 aromatic carbocycles. The van der Waals surface area contributed by atoms with Crippen LogP contribution in [0.15, 0.2) is 12.5 Å². The van der Waals surface area contributed by atoms with E-state index in [1.165, 1.54) is 0 Å². The Morgan fingerprint density at radius 2 is 2.40 bits per heavy atom. The van der Waals surface area contributed by atoms with Crippen LogP contribution in [-0.4, -0.2) is 22.0 Å². The molecule has 0 amide bonds. The number of aromatic nitrogens is 2. The molecule has 5 heteroatoms. The summed E-state index contributed by atoms with van der Waals surface area (Å²) in [4.78, 5) is 17.8. The van der Waals surface area contributed by atoms with Crippen molar-refractivity contribution in [2.75, 3.05) is 6.61 Å². The van der Waals surface area contributed by atoms with Crippen LogP contribution >= 0.6 is 11.3 Å². The fourth-order valence-corrected chi connectivity index (χ4v) is 2.51. The predicted molar refractivity (Wildman–Crippen MR) is 58.4 cm³/mol. The fraction of sp³-hybridized carbons (Fsp3) is 0.400. The van der Waals surface area contributed by atoms with Crippen LogP contribution in [-0.2, 0) is 11.2 Å². The van der Waals surface area contributed by atoms with Crippen LogP contribution in [0, 0.1) is 0 Å². The summed E-state index contributed by atoms with van der Waals surface area (Å²) in [6.45, 7) is 4.23. The highest BCUT2D eigenvalue weighted by Gasteiger charge is 2.18. The first-order chi connectivity index (χ1) is 7.27. The first-order valence-electron chi connectivity index (χ1n) is 4.88. The van der Waals surface area contributed by atoms with Crippen molar-refractivity contribution < 1.29 is 9.53 Å². The Bertz CT molecular complexity index is 487. The van der Waals surface area contributed by atoms with Gasteiger partial charge in [-0.25, -0.2) is 9.78 Å². The molecule has 0 aliphatic heterocycles. The summed E-state index contributed by atoms with van der Waals surface area (Å²) in [6, 6.07) is 0. The zero-order valence-corrected chi connectivity index (χ0v) is 9.50. The molecule has 0 bridgehead atoms. The average molecular weight is 224 g/mol. The second-order valence-electron chi connectivity index (χ2n) is 3.05. The van der Waals surface area contributed by atoms with Crippen LogP contribution in [0.5, 0.6) is 0 Å². The summed E-state index contributed by atoms with van der Waals surface area (Å²) < 4.78 is 6.82. The van der Waals surface area contributed by atoms with Crippen LogP contribution in [0.25, 0.3) is 4.83 Å². The molecule has 0 atom stereocenters. The van der Waals surface area contributed by atoms with Gasteiger partial charge in [0.25, 0.3) is 0 Å². The van der Waals surface area contributed by atoms with Gasteiger partial charge in [-0.15, -0.1) is 11.3 Å². The van der Waals surface area contributed by atoms with E-state index >= 15 is 0 Å². The van der Waals surface area contributed by atoms with Crippen LogP contribution in [0.4, 0.5) is 0 Å². The lowest BCUT2D eigenvalue weighted by Gasteiger charge is -2.02. The predicted octanol–water partition coefficient (Wildman–Crippen LogP) is 2.13. The molecule has 2 aromatic heterocycles. The molecule has 0 saturated heterocycles. The number of imidazole rings is 1. The van der Waals surface area contributed by atoms with Crippen molar-refractivity contribution in [3.8, 4) is 0 Å². The molecular weight excluding hydrogens is 212 g/mol. The maximum Gasteiger partial charge on any atom is 0.356 e. The Morgan fingerprint density at radius 1 is 1.60 bits per heavy atom. The van der Waals surface area contributed by atoms with Crippen LogP contribution in [0.2, 0.25) is 0 Å². The molecule has 0 N–H and O–H groups in total. The molecular formula is C10H12N2O2S. The highest BCUT2D eigenvalue weighted by molar-refractivity contribution is 7.17. The van der Waals surface area contributed by atoms with Crippen molar-refractivity contribution in [1.29, 1.82) is 0 Å². The number of rotatable bonds is 3. The first kappa shape index (κ1) is 10.2. The normalized spacial score (nSPS) is 10.8. The molecule has 0 aliphatic carbocycles. The van der Waals surface area contributed by atoms with Gasteiger partial charge in [-0.05, 0) is 13.3 Å². The molecule has 4 nitrogen and oxygen atoms in total. The second kappa shape index (κ2) is 4.02. The van der Waals surface area contributed by atoms with E-state index in [1.807, 2.05) is 6.92 Å². The van der Waals surface area contributed by atoms with E-state index < -0.39 is 0 Å². The van der Waals surface area contributed by atoms with Crippen molar-refractivity contribution >= 4 is 22.1 Å². The summed E-state index contributed by atoms with van der Waals surface area (Å²) in [5.74, 6) is -0.265. The van der Waals surface area contributed by atoms with Gasteiger partial charge in [0.1, 0.15) is 16.9 Å². The van der Waals surface area contributed by atoms with Crippen LogP contribution in [0.1, 0.15) is 29.2 Å². The van der Waals surface area contributed by atoms with E-state index in [1.54, 1.807) is 35.2 Å². The highest BCUT2D eigenvalue weighted by atomic mass is 32.1. The lowest BCUT2D eigenvalue weighted by atomic mass is 10.3. The van der Waals surface area contributed by atoms with Gasteiger partial charge >= 0.3 is 5.97 Å². The number of ether oxygens (including phenoxy) is 1. The third-order valence-electron chi connectivity index (χ3n) is 2.13. The third-order valence-corrected chi connectivity index (χ3v) is 3.37. The largest absolute Gasteiger partial charge is 0.461 e. The number of carbonyl (C=O) groups is 1. The highest BCUT2D eigenvalue weighted by Crippen LogP contribution is 2.24. The van der Waals surface area contributed by atoms with Crippen molar-refractivity contribution in [2.24, 2.45) is 0 Å². The zero-order chi connectivity index (χ0) is 10.8. The summed E-state index contributed by atoms with van der Waals surface area (Å²) in [6.07, 6.45) is 4.24. The molecule has 0 saturated carbocycles. The van der Waals surface area contributed by atoms with Gasteiger partial charge in [0.2, 0.25) is 0 Å². The summed E-state index contributed by atoms with van der Waals surface area (Å²) in [7, 11) is 0. The third kappa shape index (κ3) is 1.63. The Kier molecular flexibility index (Phi) is 2.73. The van der Waals surface area contributed by atoms with Gasteiger partial charge in [0.15, 0.2) is 0 Å². The summed E-state index contributed by atoms with van der Waals surface area (Å²) >= 11 is 1.58. The molecule has 0 unspecified atom stereocenters. The van der Waals surface area contributed by atoms with Crippen LogP contribution < -0.4 is 0 Å². The molecule has 15 heavy (non-hydrogen) atoms. The fourth-order valence-electron chi connectivity index (χ4n) is 1.49. The van der Waals surface area contributed by atoms with Crippen molar-refractivity contribution in [1.82, 2.24) is 9.38 Å². The molecule has 0 radical (unpaired) electrons. The quantitative estimate of drug-likeness (QED) is 0.750. The Morgan fingerprint density at radius 3 is 3.07 bits per heavy atom. The second-order valence-corrected chi connectivity index (χ2v) is 4.16. The van der Waals surface area contributed by atoms with E-state index in [0.717, 1.165) is 16.1 Å². The lowest BCUT2D eigenvalue weighted by molar-refractivity contribution is 0.0517. The van der Waals surface area contributed by atoms with Gasteiger partial charge in [0.05, 0.1) is 12.8 Å². The maximum atomic E-state index is 11.7. The Labute approximate surface area is 91.5 Å². The minimum atomic E-state index is -0.265. The molecule has 0 spiro atoms. The summed E-state index contributed by atoms with van der Waals surface area (Å²) in [5, 5.41) is 0.